The number of hydrogen-bond donors (Lipinski definition) is 1. The number of benzene rings is 1. The molecule has 146 valence electrons. The molecule has 28 heavy (non-hydrogen) atoms. The van der Waals surface area contributed by atoms with Crippen molar-refractivity contribution in [2.24, 2.45) is 0 Å². The molecule has 1 aliphatic heterocycles. The fourth-order valence-electron chi connectivity index (χ4n) is 3.07. The van der Waals surface area contributed by atoms with E-state index >= 15 is 0 Å². The molecule has 1 aromatic carbocycles. The normalized spacial score (nSPS) is 16.4. The standard InChI is InChI=1S/C19H21N5O3S/c1-26-16-7-3-2-6-14(16)15-8-9-17-21-22-19(24(17)23-15)28-12-18(25)20-11-13-5-4-10-27-13/h2-3,6-9,13H,4-5,10-12H2,1H3,(H,20,25). The first-order valence-electron chi connectivity index (χ1n) is 9.11. The number of fused-ring (bicyclic) bond motifs is 1. The van der Waals surface area contributed by atoms with E-state index in [9.17, 15) is 4.79 Å². The van der Waals surface area contributed by atoms with Gasteiger partial charge in [-0.15, -0.1) is 10.2 Å². The SMILES string of the molecule is COc1ccccc1-c1ccc2nnc(SCC(=O)NCC3CCCO3)n2n1. The molecule has 0 radical (unpaired) electrons. The van der Waals surface area contributed by atoms with Crippen LogP contribution >= 0.6 is 11.8 Å². The Hall–Kier alpha value is -2.65. The van der Waals surface area contributed by atoms with Gasteiger partial charge in [0.15, 0.2) is 5.65 Å². The van der Waals surface area contributed by atoms with Crippen molar-refractivity contribution in [3.63, 3.8) is 0 Å². The zero-order chi connectivity index (χ0) is 19.3. The molecule has 1 N–H and O–H groups in total. The van der Waals surface area contributed by atoms with Gasteiger partial charge in [-0.05, 0) is 37.1 Å². The Kier molecular flexibility index (Phi) is 5.73. The first-order chi connectivity index (χ1) is 13.7. The Labute approximate surface area is 166 Å². The van der Waals surface area contributed by atoms with Gasteiger partial charge in [-0.25, -0.2) is 0 Å². The minimum Gasteiger partial charge on any atom is -0.496 e. The number of para-hydroxylation sites is 1. The van der Waals surface area contributed by atoms with Crippen LogP contribution in [0.15, 0.2) is 41.6 Å². The molecule has 0 bridgehead atoms. The first kappa shape index (κ1) is 18.7. The van der Waals surface area contributed by atoms with Crippen LogP contribution in [0.25, 0.3) is 16.9 Å². The summed E-state index contributed by atoms with van der Waals surface area (Å²) in [6, 6.07) is 11.4. The molecule has 4 rings (SSSR count). The average Bonchev–Trinajstić information content (AvgIpc) is 3.40. The lowest BCUT2D eigenvalue weighted by molar-refractivity contribution is -0.119. The first-order valence-corrected chi connectivity index (χ1v) is 10.1. The highest BCUT2D eigenvalue weighted by molar-refractivity contribution is 7.99. The molecular weight excluding hydrogens is 378 g/mol. The predicted molar refractivity (Wildman–Crippen MR) is 105 cm³/mol. The second-order valence-corrected chi connectivity index (χ2v) is 7.34. The summed E-state index contributed by atoms with van der Waals surface area (Å²) >= 11 is 1.30. The van der Waals surface area contributed by atoms with Crippen LogP contribution in [0.3, 0.4) is 0 Å². The monoisotopic (exact) mass is 399 g/mol. The number of nitrogens with one attached hydrogen (secondary N) is 1. The summed E-state index contributed by atoms with van der Waals surface area (Å²) in [6.07, 6.45) is 2.19. The lowest BCUT2D eigenvalue weighted by Crippen LogP contribution is -2.32. The van der Waals surface area contributed by atoms with Gasteiger partial charge < -0.3 is 14.8 Å². The number of methoxy groups -OCH3 is 1. The van der Waals surface area contributed by atoms with Crippen molar-refractivity contribution in [1.29, 1.82) is 0 Å². The molecular formula is C19H21N5O3S. The molecule has 0 aliphatic carbocycles. The molecule has 0 saturated carbocycles. The van der Waals surface area contributed by atoms with E-state index in [4.69, 9.17) is 9.47 Å². The Morgan fingerprint density at radius 1 is 1.32 bits per heavy atom. The van der Waals surface area contributed by atoms with Gasteiger partial charge in [-0.2, -0.15) is 9.61 Å². The molecule has 2 aromatic heterocycles. The number of aromatic nitrogens is 4. The van der Waals surface area contributed by atoms with E-state index in [2.05, 4.69) is 20.6 Å². The molecule has 0 spiro atoms. The lowest BCUT2D eigenvalue weighted by atomic mass is 10.1. The van der Waals surface area contributed by atoms with E-state index in [0.29, 0.717) is 17.3 Å². The predicted octanol–water partition coefficient (Wildman–Crippen LogP) is 2.19. The van der Waals surface area contributed by atoms with Crippen molar-refractivity contribution >= 4 is 23.3 Å². The Morgan fingerprint density at radius 3 is 3.04 bits per heavy atom. The Morgan fingerprint density at radius 2 is 2.21 bits per heavy atom. The topological polar surface area (TPSA) is 90.6 Å². The maximum atomic E-state index is 12.1. The zero-order valence-corrected chi connectivity index (χ0v) is 16.3. The molecule has 8 nitrogen and oxygen atoms in total. The smallest absolute Gasteiger partial charge is 0.230 e. The highest BCUT2D eigenvalue weighted by Crippen LogP contribution is 2.28. The third-order valence-electron chi connectivity index (χ3n) is 4.50. The van der Waals surface area contributed by atoms with E-state index in [1.54, 1.807) is 11.6 Å². The van der Waals surface area contributed by atoms with Crippen molar-refractivity contribution in [3.05, 3.63) is 36.4 Å². The van der Waals surface area contributed by atoms with E-state index in [-0.39, 0.29) is 17.8 Å². The summed E-state index contributed by atoms with van der Waals surface area (Å²) in [7, 11) is 1.63. The van der Waals surface area contributed by atoms with Crippen LogP contribution in [-0.4, -0.2) is 57.8 Å². The minimum absolute atomic E-state index is 0.0573. The van der Waals surface area contributed by atoms with Crippen LogP contribution in [0.4, 0.5) is 0 Å². The maximum Gasteiger partial charge on any atom is 0.230 e. The fraction of sp³-hybridized carbons (Fsp3) is 0.368. The fourth-order valence-corrected chi connectivity index (χ4v) is 3.79. The van der Waals surface area contributed by atoms with Crippen molar-refractivity contribution in [2.45, 2.75) is 24.1 Å². The summed E-state index contributed by atoms with van der Waals surface area (Å²) in [4.78, 5) is 12.1. The number of amides is 1. The summed E-state index contributed by atoms with van der Waals surface area (Å²) in [5.74, 6) is 0.928. The van der Waals surface area contributed by atoms with Gasteiger partial charge in [-0.1, -0.05) is 23.9 Å². The molecule has 1 unspecified atom stereocenters. The lowest BCUT2D eigenvalue weighted by Gasteiger charge is -2.10. The Bertz CT molecular complexity index is 971. The van der Waals surface area contributed by atoms with Crippen molar-refractivity contribution in [1.82, 2.24) is 25.1 Å². The number of hydrogen-bond acceptors (Lipinski definition) is 7. The van der Waals surface area contributed by atoms with Crippen molar-refractivity contribution < 1.29 is 14.3 Å². The highest BCUT2D eigenvalue weighted by atomic mass is 32.2. The Balaban J connectivity index is 1.46. The van der Waals surface area contributed by atoms with Gasteiger partial charge in [0, 0.05) is 18.7 Å². The van der Waals surface area contributed by atoms with Crippen LogP contribution in [-0.2, 0) is 9.53 Å². The van der Waals surface area contributed by atoms with Crippen molar-refractivity contribution in [2.75, 3.05) is 26.0 Å². The third kappa shape index (κ3) is 4.10. The molecule has 9 heteroatoms. The van der Waals surface area contributed by atoms with Gasteiger partial charge in [0.25, 0.3) is 0 Å². The molecule has 1 saturated heterocycles. The van der Waals surface area contributed by atoms with Gasteiger partial charge >= 0.3 is 0 Å². The van der Waals surface area contributed by atoms with E-state index < -0.39 is 0 Å². The minimum atomic E-state index is -0.0573. The molecule has 1 fully saturated rings. The van der Waals surface area contributed by atoms with Crippen LogP contribution in [0.2, 0.25) is 0 Å². The summed E-state index contributed by atoms with van der Waals surface area (Å²) < 4.78 is 12.6. The highest BCUT2D eigenvalue weighted by Gasteiger charge is 2.17. The van der Waals surface area contributed by atoms with Crippen LogP contribution in [0, 0.1) is 0 Å². The van der Waals surface area contributed by atoms with Gasteiger partial charge in [0.2, 0.25) is 11.1 Å². The van der Waals surface area contributed by atoms with Gasteiger partial charge in [0.1, 0.15) is 5.75 Å². The number of nitrogens with zero attached hydrogens (tertiary/aromatic N) is 4. The second-order valence-electron chi connectivity index (χ2n) is 6.40. The zero-order valence-electron chi connectivity index (χ0n) is 15.5. The molecule has 1 aliphatic rings. The number of carbonyl (C=O) groups excluding carboxylic acids is 1. The largest absolute Gasteiger partial charge is 0.496 e. The summed E-state index contributed by atoms with van der Waals surface area (Å²) in [5.41, 5.74) is 2.25. The van der Waals surface area contributed by atoms with E-state index in [1.807, 2.05) is 36.4 Å². The maximum absolute atomic E-state index is 12.1. The average molecular weight is 399 g/mol. The van der Waals surface area contributed by atoms with Crippen LogP contribution in [0.5, 0.6) is 5.75 Å². The van der Waals surface area contributed by atoms with Gasteiger partial charge in [-0.3, -0.25) is 4.79 Å². The van der Waals surface area contributed by atoms with Gasteiger partial charge in [0.05, 0.1) is 24.7 Å². The summed E-state index contributed by atoms with van der Waals surface area (Å²) in [6.45, 7) is 1.33. The number of thioether (sulfide) groups is 1. The van der Waals surface area contributed by atoms with E-state index in [1.165, 1.54) is 11.8 Å². The second kappa shape index (κ2) is 8.57. The number of carbonyl (C=O) groups is 1. The van der Waals surface area contributed by atoms with E-state index in [0.717, 1.165) is 36.5 Å². The van der Waals surface area contributed by atoms with Crippen LogP contribution < -0.4 is 10.1 Å². The quantitative estimate of drug-likeness (QED) is 0.609. The molecule has 3 heterocycles. The molecule has 3 aromatic rings. The molecule has 1 atom stereocenters. The number of rotatable bonds is 7. The van der Waals surface area contributed by atoms with Crippen molar-refractivity contribution in [3.8, 4) is 17.0 Å². The number of ether oxygens (including phenoxy) is 2. The third-order valence-corrected chi connectivity index (χ3v) is 5.42. The van der Waals surface area contributed by atoms with Crippen LogP contribution in [0.1, 0.15) is 12.8 Å². The molecule has 1 amide bonds. The summed E-state index contributed by atoms with van der Waals surface area (Å²) in [5, 5.41) is 16.4.